The lowest BCUT2D eigenvalue weighted by Crippen LogP contribution is -2.08. The van der Waals surface area contributed by atoms with Crippen LogP contribution in [-0.4, -0.2) is 22.5 Å². The van der Waals surface area contributed by atoms with Gasteiger partial charge in [-0.1, -0.05) is 48.0 Å². The molecule has 0 amide bonds. The predicted molar refractivity (Wildman–Crippen MR) is 91.0 cm³/mol. The third-order valence-electron chi connectivity index (χ3n) is 3.35. The number of carbonyl (C=O) groups is 1. The number of benzene rings is 2. The van der Waals surface area contributed by atoms with Crippen LogP contribution in [0.2, 0.25) is 10.4 Å². The van der Waals surface area contributed by atoms with E-state index in [0.717, 1.165) is 10.8 Å². The number of ether oxygens (including phenoxy) is 1. The Morgan fingerprint density at radius 2 is 1.91 bits per heavy atom. The van der Waals surface area contributed by atoms with Crippen LogP contribution in [-0.2, 0) is 4.74 Å². The van der Waals surface area contributed by atoms with E-state index in [1.54, 1.807) is 13.0 Å². The molecule has 0 atom stereocenters. The summed E-state index contributed by atoms with van der Waals surface area (Å²) in [7, 11) is 0. The van der Waals surface area contributed by atoms with Gasteiger partial charge in [-0.3, -0.25) is 0 Å². The molecule has 1 aromatic heterocycles. The van der Waals surface area contributed by atoms with Crippen molar-refractivity contribution in [1.82, 2.24) is 9.97 Å². The summed E-state index contributed by atoms with van der Waals surface area (Å²) in [5.74, 6) is -0.412. The van der Waals surface area contributed by atoms with Crippen molar-refractivity contribution in [2.24, 2.45) is 0 Å². The molecule has 0 saturated heterocycles. The van der Waals surface area contributed by atoms with E-state index in [-0.39, 0.29) is 17.0 Å². The number of halogens is 2. The van der Waals surface area contributed by atoms with E-state index in [1.807, 2.05) is 36.4 Å². The number of esters is 1. The molecule has 6 heteroatoms. The SMILES string of the molecule is CCOC(=O)c1c(-c2cc(Cl)nc(Cl)n2)ccc2ccccc12. The van der Waals surface area contributed by atoms with Gasteiger partial charge in [0.05, 0.1) is 17.9 Å². The Bertz CT molecular complexity index is 877. The van der Waals surface area contributed by atoms with Gasteiger partial charge in [-0.15, -0.1) is 0 Å². The summed E-state index contributed by atoms with van der Waals surface area (Å²) in [6, 6.07) is 12.9. The lowest BCUT2D eigenvalue weighted by atomic mass is 9.97. The zero-order chi connectivity index (χ0) is 16.4. The van der Waals surface area contributed by atoms with Crippen LogP contribution < -0.4 is 0 Å². The van der Waals surface area contributed by atoms with E-state index in [9.17, 15) is 4.79 Å². The normalized spacial score (nSPS) is 10.7. The molecule has 0 aliphatic rings. The number of rotatable bonds is 3. The highest BCUT2D eigenvalue weighted by atomic mass is 35.5. The molecule has 0 saturated carbocycles. The highest BCUT2D eigenvalue weighted by Crippen LogP contribution is 2.31. The second kappa shape index (κ2) is 6.52. The van der Waals surface area contributed by atoms with Crippen molar-refractivity contribution in [3.63, 3.8) is 0 Å². The van der Waals surface area contributed by atoms with E-state index >= 15 is 0 Å². The summed E-state index contributed by atoms with van der Waals surface area (Å²) in [4.78, 5) is 20.5. The number of fused-ring (bicyclic) bond motifs is 1. The van der Waals surface area contributed by atoms with Crippen molar-refractivity contribution in [3.8, 4) is 11.3 Å². The Labute approximate surface area is 143 Å². The zero-order valence-electron chi connectivity index (χ0n) is 12.2. The molecule has 0 fully saturated rings. The Morgan fingerprint density at radius 3 is 2.65 bits per heavy atom. The topological polar surface area (TPSA) is 52.1 Å². The van der Waals surface area contributed by atoms with Crippen molar-refractivity contribution in [2.75, 3.05) is 6.61 Å². The van der Waals surface area contributed by atoms with Gasteiger partial charge in [-0.2, -0.15) is 0 Å². The Morgan fingerprint density at radius 1 is 1.13 bits per heavy atom. The van der Waals surface area contributed by atoms with Crippen molar-refractivity contribution in [3.05, 3.63) is 58.5 Å². The van der Waals surface area contributed by atoms with Gasteiger partial charge in [0.1, 0.15) is 5.15 Å². The molecule has 4 nitrogen and oxygen atoms in total. The summed E-state index contributed by atoms with van der Waals surface area (Å²) < 4.78 is 5.21. The molecule has 0 aliphatic carbocycles. The molecule has 0 unspecified atom stereocenters. The van der Waals surface area contributed by atoms with Crippen molar-refractivity contribution in [2.45, 2.75) is 6.92 Å². The van der Waals surface area contributed by atoms with Crippen LogP contribution in [0.25, 0.3) is 22.0 Å². The van der Waals surface area contributed by atoms with Gasteiger partial charge in [-0.05, 0) is 29.3 Å². The molecular formula is C17H12Cl2N2O2. The minimum Gasteiger partial charge on any atom is -0.462 e. The summed E-state index contributed by atoms with van der Waals surface area (Å²) >= 11 is 11.8. The minimum atomic E-state index is -0.412. The second-order valence-electron chi connectivity index (χ2n) is 4.77. The first kappa shape index (κ1) is 15.7. The molecule has 2 aromatic carbocycles. The maximum atomic E-state index is 12.5. The average molecular weight is 347 g/mol. The van der Waals surface area contributed by atoms with Gasteiger partial charge in [0.2, 0.25) is 5.28 Å². The van der Waals surface area contributed by atoms with Crippen molar-refractivity contribution >= 4 is 39.9 Å². The van der Waals surface area contributed by atoms with Crippen LogP contribution in [0.15, 0.2) is 42.5 Å². The number of hydrogen-bond acceptors (Lipinski definition) is 4. The second-order valence-corrected chi connectivity index (χ2v) is 5.50. The van der Waals surface area contributed by atoms with Crippen LogP contribution in [0, 0.1) is 0 Å². The molecule has 0 aliphatic heterocycles. The highest BCUT2D eigenvalue weighted by molar-refractivity contribution is 6.32. The predicted octanol–water partition coefficient (Wildman–Crippen LogP) is 4.78. The fraction of sp³-hybridized carbons (Fsp3) is 0.118. The Hall–Kier alpha value is -2.17. The number of nitrogens with zero attached hydrogens (tertiary/aromatic N) is 2. The quantitative estimate of drug-likeness (QED) is 0.389. The average Bonchev–Trinajstić information content (AvgIpc) is 2.53. The summed E-state index contributed by atoms with van der Waals surface area (Å²) in [6.07, 6.45) is 0. The molecule has 0 spiro atoms. The number of carbonyl (C=O) groups excluding carboxylic acids is 1. The minimum absolute atomic E-state index is 0.0236. The highest BCUT2D eigenvalue weighted by Gasteiger charge is 2.19. The lowest BCUT2D eigenvalue weighted by molar-refractivity contribution is 0.0529. The molecule has 3 rings (SSSR count). The standard InChI is InChI=1S/C17H12Cl2N2O2/c1-2-23-16(22)15-11-6-4-3-5-10(11)7-8-12(15)13-9-14(18)21-17(19)20-13/h3-9H,2H2,1H3. The molecule has 0 radical (unpaired) electrons. The fourth-order valence-electron chi connectivity index (χ4n) is 2.44. The van der Waals surface area contributed by atoms with Gasteiger partial charge in [0, 0.05) is 11.6 Å². The third kappa shape index (κ3) is 3.14. The largest absolute Gasteiger partial charge is 0.462 e. The zero-order valence-corrected chi connectivity index (χ0v) is 13.7. The van der Waals surface area contributed by atoms with Gasteiger partial charge >= 0.3 is 5.97 Å². The number of hydrogen-bond donors (Lipinski definition) is 0. The lowest BCUT2D eigenvalue weighted by Gasteiger charge is -2.12. The van der Waals surface area contributed by atoms with Gasteiger partial charge in [0.15, 0.2) is 0 Å². The van der Waals surface area contributed by atoms with Crippen molar-refractivity contribution in [1.29, 1.82) is 0 Å². The summed E-state index contributed by atoms with van der Waals surface area (Å²) in [5, 5.41) is 1.96. The van der Waals surface area contributed by atoms with E-state index in [1.165, 1.54) is 0 Å². The summed E-state index contributed by atoms with van der Waals surface area (Å²) in [6.45, 7) is 2.05. The Kier molecular flexibility index (Phi) is 4.46. The third-order valence-corrected chi connectivity index (χ3v) is 3.71. The number of aromatic nitrogens is 2. The van der Waals surface area contributed by atoms with Crippen LogP contribution in [0.1, 0.15) is 17.3 Å². The van der Waals surface area contributed by atoms with Gasteiger partial charge in [-0.25, -0.2) is 14.8 Å². The molecule has 1 heterocycles. The van der Waals surface area contributed by atoms with Crippen LogP contribution >= 0.6 is 23.2 Å². The summed E-state index contributed by atoms with van der Waals surface area (Å²) in [5.41, 5.74) is 1.52. The molecule has 0 bridgehead atoms. The maximum absolute atomic E-state index is 12.5. The monoisotopic (exact) mass is 346 g/mol. The fourth-order valence-corrected chi connectivity index (χ4v) is 2.84. The maximum Gasteiger partial charge on any atom is 0.339 e. The van der Waals surface area contributed by atoms with Crippen LogP contribution in [0.3, 0.4) is 0 Å². The van der Waals surface area contributed by atoms with E-state index < -0.39 is 5.97 Å². The molecular weight excluding hydrogens is 335 g/mol. The van der Waals surface area contributed by atoms with E-state index in [2.05, 4.69) is 9.97 Å². The van der Waals surface area contributed by atoms with Crippen LogP contribution in [0.5, 0.6) is 0 Å². The first-order valence-electron chi connectivity index (χ1n) is 6.99. The van der Waals surface area contributed by atoms with Crippen molar-refractivity contribution < 1.29 is 9.53 Å². The molecule has 23 heavy (non-hydrogen) atoms. The van der Waals surface area contributed by atoms with Gasteiger partial charge in [0.25, 0.3) is 0 Å². The Balaban J connectivity index is 2.31. The van der Waals surface area contributed by atoms with Crippen LogP contribution in [0.4, 0.5) is 0 Å². The smallest absolute Gasteiger partial charge is 0.339 e. The molecule has 0 N–H and O–H groups in total. The van der Waals surface area contributed by atoms with Gasteiger partial charge < -0.3 is 4.74 Å². The first-order chi connectivity index (χ1) is 11.1. The van der Waals surface area contributed by atoms with E-state index in [0.29, 0.717) is 16.8 Å². The first-order valence-corrected chi connectivity index (χ1v) is 7.75. The van der Waals surface area contributed by atoms with E-state index in [4.69, 9.17) is 27.9 Å². The molecule has 116 valence electrons. The molecule has 3 aromatic rings.